The minimum absolute atomic E-state index is 0.0107. The SMILES string of the molecule is O=C1C[C@H](c2cccc(OCCc3ccc4c(c3)CCO4)c2)c2c(cc(O)c3c(=O)c(O)c(-c4ccc(O)c(O)c4)oc23)O1. The van der Waals surface area contributed by atoms with Crippen molar-refractivity contribution in [3.63, 3.8) is 0 Å². The molecule has 1 atom stereocenters. The molecule has 0 bridgehead atoms. The van der Waals surface area contributed by atoms with Gasteiger partial charge in [0.1, 0.15) is 34.0 Å². The predicted octanol–water partition coefficient (Wildman–Crippen LogP) is 5.28. The summed E-state index contributed by atoms with van der Waals surface area (Å²) < 4.78 is 23.2. The molecule has 1 aromatic heterocycles. The lowest BCUT2D eigenvalue weighted by atomic mass is 9.85. The molecule has 2 aliphatic rings. The second kappa shape index (κ2) is 10.6. The van der Waals surface area contributed by atoms with Crippen LogP contribution in [-0.2, 0) is 17.6 Å². The summed E-state index contributed by atoms with van der Waals surface area (Å²) in [4.78, 5) is 26.0. The number of phenolic OH excluding ortho intramolecular Hbond substituents is 3. The number of phenols is 3. The van der Waals surface area contributed by atoms with Crippen molar-refractivity contribution in [3.8, 4) is 51.6 Å². The number of rotatable bonds is 6. The zero-order valence-corrected chi connectivity index (χ0v) is 23.2. The van der Waals surface area contributed by atoms with Crippen molar-refractivity contribution in [2.75, 3.05) is 13.2 Å². The van der Waals surface area contributed by atoms with Gasteiger partial charge >= 0.3 is 5.97 Å². The monoisotopic (exact) mass is 594 g/mol. The van der Waals surface area contributed by atoms with E-state index in [1.165, 1.54) is 17.7 Å². The van der Waals surface area contributed by atoms with Crippen LogP contribution in [0.15, 0.2) is 75.9 Å². The number of esters is 1. The average Bonchev–Trinajstić information content (AvgIpc) is 3.48. The molecule has 44 heavy (non-hydrogen) atoms. The molecule has 0 amide bonds. The Bertz CT molecular complexity index is 2030. The largest absolute Gasteiger partial charge is 0.507 e. The predicted molar refractivity (Wildman–Crippen MR) is 158 cm³/mol. The van der Waals surface area contributed by atoms with E-state index in [2.05, 4.69) is 6.07 Å². The fraction of sp³-hybridized carbons (Fsp3) is 0.176. The lowest BCUT2D eigenvalue weighted by Gasteiger charge is -2.26. The van der Waals surface area contributed by atoms with Crippen molar-refractivity contribution in [3.05, 3.63) is 99.2 Å². The van der Waals surface area contributed by atoms with Gasteiger partial charge in [0.25, 0.3) is 0 Å². The van der Waals surface area contributed by atoms with Gasteiger partial charge in [-0.1, -0.05) is 24.3 Å². The fourth-order valence-electron chi connectivity index (χ4n) is 5.83. The number of hydrogen-bond acceptors (Lipinski definition) is 10. The first kappa shape index (κ1) is 27.2. The third-order valence-electron chi connectivity index (χ3n) is 7.98. The van der Waals surface area contributed by atoms with Crippen molar-refractivity contribution in [2.24, 2.45) is 0 Å². The van der Waals surface area contributed by atoms with Gasteiger partial charge in [0.15, 0.2) is 17.3 Å². The molecular weight excluding hydrogens is 568 g/mol. The van der Waals surface area contributed by atoms with E-state index in [4.69, 9.17) is 18.6 Å². The minimum Gasteiger partial charge on any atom is -0.507 e. The van der Waals surface area contributed by atoms with Crippen LogP contribution in [0.4, 0.5) is 0 Å². The molecule has 0 spiro atoms. The Balaban J connectivity index is 1.26. The molecule has 0 saturated heterocycles. The molecule has 0 saturated carbocycles. The van der Waals surface area contributed by atoms with E-state index < -0.39 is 40.3 Å². The molecule has 4 N–H and O–H groups in total. The molecule has 10 heteroatoms. The van der Waals surface area contributed by atoms with Crippen LogP contribution in [0.3, 0.4) is 0 Å². The Labute approximate surface area is 249 Å². The number of carbonyl (C=O) groups excluding carboxylic acids is 1. The molecule has 0 aliphatic carbocycles. The molecule has 222 valence electrons. The average molecular weight is 595 g/mol. The molecule has 0 fully saturated rings. The zero-order valence-electron chi connectivity index (χ0n) is 23.2. The standard InChI is InChI=1S/C34H26O10/c35-23-6-5-20(14-24(23)36)33-32(40)31(39)30-25(37)16-27-29(34(30)44-33)22(15-28(38)43-27)18-2-1-3-21(13-18)41-10-8-17-4-7-26-19(12-17)9-11-42-26/h1-7,12-14,16,22,35-37,40H,8-11,15H2/t22-/m1/s1. The molecule has 7 rings (SSSR count). The van der Waals surface area contributed by atoms with Crippen LogP contribution in [0.2, 0.25) is 0 Å². The van der Waals surface area contributed by atoms with Gasteiger partial charge in [0, 0.05) is 36.0 Å². The lowest BCUT2D eigenvalue weighted by molar-refractivity contribution is -0.135. The van der Waals surface area contributed by atoms with Crippen molar-refractivity contribution in [2.45, 2.75) is 25.2 Å². The van der Waals surface area contributed by atoms with Gasteiger partial charge < -0.3 is 39.1 Å². The van der Waals surface area contributed by atoms with Crippen LogP contribution >= 0.6 is 0 Å². The molecule has 5 aromatic rings. The second-order valence-electron chi connectivity index (χ2n) is 10.8. The summed E-state index contributed by atoms with van der Waals surface area (Å²) in [6.07, 6.45) is 1.49. The summed E-state index contributed by atoms with van der Waals surface area (Å²) in [6.45, 7) is 1.11. The van der Waals surface area contributed by atoms with E-state index >= 15 is 0 Å². The topological polar surface area (TPSA) is 156 Å². The highest BCUT2D eigenvalue weighted by Crippen LogP contribution is 2.47. The Kier molecular flexibility index (Phi) is 6.54. The van der Waals surface area contributed by atoms with Gasteiger partial charge in [-0.05, 0) is 53.1 Å². The molecule has 3 heterocycles. The van der Waals surface area contributed by atoms with Gasteiger partial charge in [-0.3, -0.25) is 9.59 Å². The Morgan fingerprint density at radius 2 is 1.73 bits per heavy atom. The fourth-order valence-corrected chi connectivity index (χ4v) is 5.83. The van der Waals surface area contributed by atoms with E-state index in [0.29, 0.717) is 36.5 Å². The van der Waals surface area contributed by atoms with E-state index in [1.807, 2.05) is 24.3 Å². The third-order valence-corrected chi connectivity index (χ3v) is 7.98. The number of ether oxygens (including phenoxy) is 3. The Morgan fingerprint density at radius 3 is 2.57 bits per heavy atom. The Morgan fingerprint density at radius 1 is 0.864 bits per heavy atom. The first-order chi connectivity index (χ1) is 21.3. The van der Waals surface area contributed by atoms with E-state index in [9.17, 15) is 30.0 Å². The highest BCUT2D eigenvalue weighted by Gasteiger charge is 2.34. The number of fused-ring (bicyclic) bond motifs is 4. The summed E-state index contributed by atoms with van der Waals surface area (Å²) >= 11 is 0. The van der Waals surface area contributed by atoms with Crippen LogP contribution in [0.1, 0.15) is 34.6 Å². The molecule has 0 radical (unpaired) electrons. The van der Waals surface area contributed by atoms with E-state index in [1.54, 1.807) is 12.1 Å². The molecule has 2 aliphatic heterocycles. The van der Waals surface area contributed by atoms with Crippen molar-refractivity contribution >= 4 is 16.9 Å². The zero-order chi connectivity index (χ0) is 30.5. The second-order valence-corrected chi connectivity index (χ2v) is 10.8. The summed E-state index contributed by atoms with van der Waals surface area (Å²) in [6, 6.07) is 18.2. The van der Waals surface area contributed by atoms with E-state index in [-0.39, 0.29) is 34.5 Å². The van der Waals surface area contributed by atoms with Gasteiger partial charge in [0.05, 0.1) is 19.6 Å². The number of carbonyl (C=O) groups is 1. The first-order valence-corrected chi connectivity index (χ1v) is 14.0. The van der Waals surface area contributed by atoms with Gasteiger partial charge in [-0.2, -0.15) is 0 Å². The van der Waals surface area contributed by atoms with E-state index in [0.717, 1.165) is 29.9 Å². The third kappa shape index (κ3) is 4.70. The smallest absolute Gasteiger partial charge is 0.312 e. The maximum absolute atomic E-state index is 13.3. The number of aromatic hydroxyl groups is 4. The normalized spacial score (nSPS) is 15.4. The molecular formula is C34H26O10. The van der Waals surface area contributed by atoms with Crippen LogP contribution in [0, 0.1) is 0 Å². The summed E-state index contributed by atoms with van der Waals surface area (Å²) in [5.74, 6) is -2.20. The summed E-state index contributed by atoms with van der Waals surface area (Å²) in [5.41, 5.74) is 2.43. The highest BCUT2D eigenvalue weighted by atomic mass is 16.5. The number of hydrogen-bond donors (Lipinski definition) is 4. The van der Waals surface area contributed by atoms with Gasteiger partial charge in [-0.15, -0.1) is 0 Å². The maximum Gasteiger partial charge on any atom is 0.312 e. The quantitative estimate of drug-likeness (QED) is 0.116. The van der Waals surface area contributed by atoms with Crippen molar-refractivity contribution in [1.82, 2.24) is 0 Å². The minimum atomic E-state index is -0.917. The van der Waals surface area contributed by atoms with Crippen LogP contribution < -0.4 is 19.6 Å². The van der Waals surface area contributed by atoms with Gasteiger partial charge in [-0.25, -0.2) is 0 Å². The van der Waals surface area contributed by atoms with Crippen LogP contribution in [0.25, 0.3) is 22.3 Å². The van der Waals surface area contributed by atoms with Crippen molar-refractivity contribution < 1.29 is 43.8 Å². The van der Waals surface area contributed by atoms with Crippen LogP contribution in [-0.4, -0.2) is 39.6 Å². The first-order valence-electron chi connectivity index (χ1n) is 14.0. The Hall–Kier alpha value is -5.64. The molecule has 10 nitrogen and oxygen atoms in total. The van der Waals surface area contributed by atoms with Gasteiger partial charge in [0.2, 0.25) is 11.2 Å². The summed E-state index contributed by atoms with van der Waals surface area (Å²) in [7, 11) is 0. The maximum atomic E-state index is 13.3. The van der Waals surface area contributed by atoms with Crippen LogP contribution in [0.5, 0.6) is 40.2 Å². The lowest BCUT2D eigenvalue weighted by Crippen LogP contribution is -2.22. The van der Waals surface area contributed by atoms with Crippen molar-refractivity contribution in [1.29, 1.82) is 0 Å². The molecule has 4 aromatic carbocycles. The molecule has 0 unspecified atom stereocenters. The number of benzene rings is 4. The highest BCUT2D eigenvalue weighted by molar-refractivity contribution is 5.94. The summed E-state index contributed by atoms with van der Waals surface area (Å²) in [5, 5.41) is 40.9.